The molecule has 236 valence electrons. The van der Waals surface area contributed by atoms with Crippen molar-refractivity contribution < 1.29 is 17.9 Å². The molecule has 1 amide bonds. The van der Waals surface area contributed by atoms with Crippen LogP contribution in [0.2, 0.25) is 10.0 Å². The SMILES string of the molecule is COc1ccc2c(c1)C1(CCNCC1)C(CC[C@H](CN(C)C(=O)c1cc(C)cc(C)c1)c1ccc(Cl)c(Cl)c1)N2S(C)(=O)=O. The van der Waals surface area contributed by atoms with Gasteiger partial charge in [0, 0.05) is 30.5 Å². The van der Waals surface area contributed by atoms with Crippen molar-refractivity contribution >= 4 is 44.8 Å². The smallest absolute Gasteiger partial charge is 0.253 e. The number of aryl methyl sites for hydroxylation is 2. The number of amides is 1. The van der Waals surface area contributed by atoms with E-state index in [0.29, 0.717) is 35.0 Å². The Morgan fingerprint density at radius 3 is 2.34 bits per heavy atom. The molecule has 0 bridgehead atoms. The van der Waals surface area contributed by atoms with Crippen LogP contribution >= 0.6 is 23.2 Å². The number of rotatable bonds is 9. The highest BCUT2D eigenvalue weighted by Gasteiger charge is 2.53. The number of hydrogen-bond donors (Lipinski definition) is 1. The van der Waals surface area contributed by atoms with Gasteiger partial charge in [-0.2, -0.15) is 0 Å². The fraction of sp³-hybridized carbons (Fsp3) is 0.441. The van der Waals surface area contributed by atoms with Gasteiger partial charge in [0.25, 0.3) is 5.91 Å². The van der Waals surface area contributed by atoms with Gasteiger partial charge in [0.1, 0.15) is 5.75 Å². The first-order valence-corrected chi connectivity index (χ1v) is 17.6. The Morgan fingerprint density at radius 1 is 1.05 bits per heavy atom. The lowest BCUT2D eigenvalue weighted by Gasteiger charge is -2.42. The maximum atomic E-state index is 13.6. The fourth-order valence-corrected chi connectivity index (χ4v) is 8.90. The van der Waals surface area contributed by atoms with Crippen molar-refractivity contribution in [3.8, 4) is 5.75 Å². The van der Waals surface area contributed by atoms with E-state index in [1.165, 1.54) is 6.26 Å². The molecule has 44 heavy (non-hydrogen) atoms. The highest BCUT2D eigenvalue weighted by atomic mass is 35.5. The van der Waals surface area contributed by atoms with Crippen molar-refractivity contribution in [2.24, 2.45) is 0 Å². The van der Waals surface area contributed by atoms with Crippen molar-refractivity contribution in [1.29, 1.82) is 0 Å². The van der Waals surface area contributed by atoms with Crippen LogP contribution in [0.4, 0.5) is 5.69 Å². The molecule has 3 aromatic carbocycles. The zero-order chi connectivity index (χ0) is 31.8. The second-order valence-electron chi connectivity index (χ2n) is 12.4. The molecule has 2 aliphatic rings. The van der Waals surface area contributed by atoms with Gasteiger partial charge in [0.05, 0.1) is 35.1 Å². The number of halogens is 2. The van der Waals surface area contributed by atoms with E-state index < -0.39 is 10.0 Å². The van der Waals surface area contributed by atoms with Crippen LogP contribution in [0.15, 0.2) is 54.6 Å². The minimum atomic E-state index is -3.60. The van der Waals surface area contributed by atoms with Crippen molar-refractivity contribution in [3.05, 3.63) is 92.5 Å². The third-order valence-corrected chi connectivity index (χ3v) is 11.2. The quantitative estimate of drug-likeness (QED) is 0.276. The van der Waals surface area contributed by atoms with Gasteiger partial charge in [0.15, 0.2) is 0 Å². The molecule has 1 saturated heterocycles. The number of fused-ring (bicyclic) bond motifs is 2. The molecule has 10 heteroatoms. The van der Waals surface area contributed by atoms with Crippen molar-refractivity contribution in [2.45, 2.75) is 56.9 Å². The molecular weight excluding hydrogens is 617 g/mol. The first-order valence-electron chi connectivity index (χ1n) is 15.0. The molecule has 0 radical (unpaired) electrons. The third kappa shape index (κ3) is 6.45. The average molecular weight is 659 g/mol. The molecular formula is C34H41Cl2N3O4S. The van der Waals surface area contributed by atoms with Gasteiger partial charge in [-0.3, -0.25) is 9.10 Å². The average Bonchev–Trinajstić information content (AvgIpc) is 3.24. The van der Waals surface area contributed by atoms with Crippen molar-refractivity contribution in [3.63, 3.8) is 0 Å². The summed E-state index contributed by atoms with van der Waals surface area (Å²) in [7, 11) is -0.144. The number of likely N-dealkylation sites (N-methyl/N-ethyl adjacent to an activating group) is 1. The molecule has 2 heterocycles. The Labute approximate surface area is 271 Å². The van der Waals surface area contributed by atoms with E-state index in [2.05, 4.69) is 11.4 Å². The van der Waals surface area contributed by atoms with Crippen LogP contribution in [0, 0.1) is 13.8 Å². The molecule has 0 aliphatic carbocycles. The molecule has 0 saturated carbocycles. The summed E-state index contributed by atoms with van der Waals surface area (Å²) in [6.45, 7) is 6.01. The number of nitrogens with zero attached hydrogens (tertiary/aromatic N) is 2. The summed E-state index contributed by atoms with van der Waals surface area (Å²) in [5, 5.41) is 4.38. The Bertz CT molecular complexity index is 1640. The normalized spacial score (nSPS) is 18.2. The van der Waals surface area contributed by atoms with Gasteiger partial charge in [0.2, 0.25) is 10.0 Å². The number of carbonyl (C=O) groups is 1. The maximum Gasteiger partial charge on any atom is 0.253 e. The highest BCUT2D eigenvalue weighted by molar-refractivity contribution is 7.92. The van der Waals surface area contributed by atoms with Crippen LogP contribution in [0.5, 0.6) is 5.75 Å². The van der Waals surface area contributed by atoms with Gasteiger partial charge in [-0.15, -0.1) is 0 Å². The summed E-state index contributed by atoms with van der Waals surface area (Å²) in [5.41, 5.74) is 5.08. The summed E-state index contributed by atoms with van der Waals surface area (Å²) in [6.07, 6.45) is 4.15. The van der Waals surface area contributed by atoms with Crippen LogP contribution in [-0.2, 0) is 15.4 Å². The largest absolute Gasteiger partial charge is 0.497 e. The number of carbonyl (C=O) groups excluding carboxylic acids is 1. The van der Waals surface area contributed by atoms with Crippen molar-refractivity contribution in [1.82, 2.24) is 10.2 Å². The van der Waals surface area contributed by atoms with E-state index in [0.717, 1.165) is 59.6 Å². The molecule has 1 unspecified atom stereocenters. The number of piperidine rings is 1. The Hall–Kier alpha value is -2.78. The Balaban J connectivity index is 1.51. The van der Waals surface area contributed by atoms with Gasteiger partial charge < -0.3 is 15.0 Å². The van der Waals surface area contributed by atoms with Crippen molar-refractivity contribution in [2.75, 3.05) is 44.4 Å². The lowest BCUT2D eigenvalue weighted by Crippen LogP contribution is -2.52. The van der Waals surface area contributed by atoms with Crippen LogP contribution in [0.25, 0.3) is 0 Å². The van der Waals surface area contributed by atoms with Gasteiger partial charge >= 0.3 is 0 Å². The highest BCUT2D eigenvalue weighted by Crippen LogP contribution is 2.54. The maximum absolute atomic E-state index is 13.6. The summed E-state index contributed by atoms with van der Waals surface area (Å²) < 4.78 is 34.1. The Kier molecular flexibility index (Phi) is 9.57. The second-order valence-corrected chi connectivity index (χ2v) is 15.0. The lowest BCUT2D eigenvalue weighted by molar-refractivity contribution is 0.0783. The topological polar surface area (TPSA) is 79.0 Å². The number of hydrogen-bond acceptors (Lipinski definition) is 5. The monoisotopic (exact) mass is 657 g/mol. The van der Waals surface area contributed by atoms with Gasteiger partial charge in [-0.05, 0) is 106 Å². The molecule has 1 spiro atoms. The summed E-state index contributed by atoms with van der Waals surface area (Å²) in [6, 6.07) is 16.9. The van der Waals surface area contributed by atoms with E-state index in [-0.39, 0.29) is 23.3 Å². The minimum absolute atomic E-state index is 0.0604. The summed E-state index contributed by atoms with van der Waals surface area (Å²) in [4.78, 5) is 15.4. The van der Waals surface area contributed by atoms with E-state index in [9.17, 15) is 13.2 Å². The van der Waals surface area contributed by atoms with Gasteiger partial charge in [-0.25, -0.2) is 8.42 Å². The third-order valence-electron chi connectivity index (χ3n) is 9.26. The number of anilines is 1. The van der Waals surface area contributed by atoms with E-state index in [1.54, 1.807) is 22.4 Å². The van der Waals surface area contributed by atoms with E-state index in [1.807, 2.05) is 63.4 Å². The molecule has 2 aliphatic heterocycles. The Morgan fingerprint density at radius 2 is 1.73 bits per heavy atom. The molecule has 3 aromatic rings. The van der Waals surface area contributed by atoms with Crippen LogP contribution in [-0.4, -0.2) is 65.3 Å². The predicted molar refractivity (Wildman–Crippen MR) is 179 cm³/mol. The van der Waals surface area contributed by atoms with Crippen LogP contribution < -0.4 is 14.4 Å². The van der Waals surface area contributed by atoms with E-state index >= 15 is 0 Å². The minimum Gasteiger partial charge on any atom is -0.497 e. The first kappa shape index (κ1) is 32.6. The standard InChI is InChI=1S/C34H41Cl2N3O4S/c1-22-16-23(2)18-26(17-22)33(40)38(3)21-25(24-6-9-29(35)30(36)19-24)7-11-32-34(12-14-37-15-13-34)28-20-27(43-4)8-10-31(28)39(32)44(5,41)42/h6,8-10,16-20,25,32,37H,7,11-15,21H2,1-5H3/t25-,32?/m1/s1. The number of benzene rings is 3. The molecule has 7 nitrogen and oxygen atoms in total. The van der Waals surface area contributed by atoms with Crippen LogP contribution in [0.3, 0.4) is 0 Å². The van der Waals surface area contributed by atoms with Gasteiger partial charge in [-0.1, -0.05) is 46.5 Å². The predicted octanol–water partition coefficient (Wildman–Crippen LogP) is 6.72. The molecule has 1 fully saturated rings. The van der Waals surface area contributed by atoms with E-state index in [4.69, 9.17) is 27.9 Å². The van der Waals surface area contributed by atoms with Crippen LogP contribution in [0.1, 0.15) is 64.2 Å². The molecule has 2 atom stereocenters. The zero-order valence-electron chi connectivity index (χ0n) is 26.0. The summed E-state index contributed by atoms with van der Waals surface area (Å²) in [5.74, 6) is 0.550. The molecule has 0 aromatic heterocycles. The number of ether oxygens (including phenoxy) is 1. The number of sulfonamides is 1. The summed E-state index contributed by atoms with van der Waals surface area (Å²) >= 11 is 12.8. The fourth-order valence-electron chi connectivity index (χ4n) is 7.30. The second kappa shape index (κ2) is 12.9. The number of methoxy groups -OCH3 is 1. The first-order chi connectivity index (χ1) is 20.8. The molecule has 5 rings (SSSR count). The zero-order valence-corrected chi connectivity index (χ0v) is 28.3. The number of nitrogens with one attached hydrogen (secondary N) is 1. The lowest BCUT2D eigenvalue weighted by atomic mass is 9.68. The molecule has 1 N–H and O–H groups in total.